The molecule has 0 bridgehead atoms. The molecule has 0 N–H and O–H groups in total. The molecule has 1 aromatic rings. The van der Waals surface area contributed by atoms with Crippen LogP contribution in [0.1, 0.15) is 18.9 Å². The van der Waals surface area contributed by atoms with Crippen molar-refractivity contribution in [2.45, 2.75) is 19.9 Å². The normalized spacial score (nSPS) is 10.1. The average Bonchev–Trinajstić information content (AvgIpc) is 2.37. The number of benzene rings is 1. The summed E-state index contributed by atoms with van der Waals surface area (Å²) in [5, 5.41) is 0. The van der Waals surface area contributed by atoms with Crippen LogP contribution in [0.25, 0.3) is 0 Å². The summed E-state index contributed by atoms with van der Waals surface area (Å²) < 4.78 is 5.71. The van der Waals surface area contributed by atoms with Crippen LogP contribution in [-0.4, -0.2) is 28.9 Å². The molecule has 0 aliphatic rings. The molecule has 0 spiro atoms. The van der Waals surface area contributed by atoms with Gasteiger partial charge in [0, 0.05) is 13.1 Å². The summed E-state index contributed by atoms with van der Waals surface area (Å²) >= 11 is 2.11. The zero-order chi connectivity index (χ0) is 12.7. The number of rotatable bonds is 6. The maximum absolute atomic E-state index is 11.7. The van der Waals surface area contributed by atoms with E-state index in [1.807, 2.05) is 29.2 Å². The van der Waals surface area contributed by atoms with E-state index in [1.54, 1.807) is 7.11 Å². The molecule has 0 aromatic heterocycles. The van der Waals surface area contributed by atoms with E-state index in [-0.39, 0.29) is 5.91 Å². The van der Waals surface area contributed by atoms with Crippen molar-refractivity contribution in [2.24, 2.45) is 0 Å². The van der Waals surface area contributed by atoms with Gasteiger partial charge >= 0.3 is 0 Å². The van der Waals surface area contributed by atoms with E-state index >= 15 is 0 Å². The van der Waals surface area contributed by atoms with Gasteiger partial charge in [0.1, 0.15) is 5.75 Å². The van der Waals surface area contributed by atoms with Crippen molar-refractivity contribution in [3.63, 3.8) is 0 Å². The molecular weight excluding hydrogens is 329 g/mol. The van der Waals surface area contributed by atoms with Crippen molar-refractivity contribution in [3.05, 3.63) is 29.8 Å². The number of hydrogen-bond acceptors (Lipinski definition) is 2. The quantitative estimate of drug-likeness (QED) is 0.585. The lowest BCUT2D eigenvalue weighted by atomic mass is 10.2. The highest BCUT2D eigenvalue weighted by Crippen LogP contribution is 2.14. The molecule has 1 aromatic carbocycles. The highest BCUT2D eigenvalue weighted by Gasteiger charge is 2.11. The summed E-state index contributed by atoms with van der Waals surface area (Å²) in [4.78, 5) is 13.6. The first-order chi connectivity index (χ1) is 8.21. The Hall–Kier alpha value is -0.780. The van der Waals surface area contributed by atoms with Crippen molar-refractivity contribution in [2.75, 3.05) is 18.1 Å². The number of hydrogen-bond donors (Lipinski definition) is 0. The van der Waals surface area contributed by atoms with Gasteiger partial charge in [-0.05, 0) is 24.1 Å². The summed E-state index contributed by atoms with van der Waals surface area (Å²) in [7, 11) is 1.65. The lowest BCUT2D eigenvalue weighted by Gasteiger charge is -2.21. The molecule has 0 fully saturated rings. The van der Waals surface area contributed by atoms with Gasteiger partial charge in [-0.1, -0.05) is 41.6 Å². The smallest absolute Gasteiger partial charge is 0.232 e. The Morgan fingerprint density at radius 3 is 2.82 bits per heavy atom. The molecular formula is C13H18INO2. The first-order valence-corrected chi connectivity index (χ1v) is 7.20. The van der Waals surface area contributed by atoms with Crippen LogP contribution in [0, 0.1) is 0 Å². The number of carbonyl (C=O) groups is 1. The number of carbonyl (C=O) groups excluding carboxylic acids is 1. The number of halogens is 1. The Bertz CT molecular complexity index is 368. The lowest BCUT2D eigenvalue weighted by molar-refractivity contribution is -0.128. The topological polar surface area (TPSA) is 29.5 Å². The van der Waals surface area contributed by atoms with Crippen molar-refractivity contribution in [1.29, 1.82) is 0 Å². The molecule has 0 atom stereocenters. The standard InChI is InChI=1S/C13H18INO2/c1-3-7-15(13(16)9-14)10-11-5-4-6-12(8-11)17-2/h4-6,8H,3,7,9-10H2,1-2H3. The maximum atomic E-state index is 11.7. The van der Waals surface area contributed by atoms with Crippen molar-refractivity contribution in [1.82, 2.24) is 4.90 Å². The largest absolute Gasteiger partial charge is 0.497 e. The Morgan fingerprint density at radius 1 is 1.47 bits per heavy atom. The maximum Gasteiger partial charge on any atom is 0.232 e. The number of amides is 1. The minimum atomic E-state index is 0.190. The Balaban J connectivity index is 2.74. The molecule has 0 aliphatic heterocycles. The fraction of sp³-hybridized carbons (Fsp3) is 0.462. The minimum Gasteiger partial charge on any atom is -0.497 e. The third kappa shape index (κ3) is 4.53. The molecule has 1 rings (SSSR count). The van der Waals surface area contributed by atoms with Gasteiger partial charge in [0.05, 0.1) is 11.5 Å². The monoisotopic (exact) mass is 347 g/mol. The first-order valence-electron chi connectivity index (χ1n) is 5.68. The Labute approximate surface area is 116 Å². The van der Waals surface area contributed by atoms with Crippen LogP contribution in [0.5, 0.6) is 5.75 Å². The van der Waals surface area contributed by atoms with Crippen molar-refractivity contribution >= 4 is 28.5 Å². The van der Waals surface area contributed by atoms with Gasteiger partial charge in [-0.3, -0.25) is 4.79 Å². The van der Waals surface area contributed by atoms with Gasteiger partial charge in [0.25, 0.3) is 0 Å². The second kappa shape index (κ2) is 7.53. The molecule has 3 nitrogen and oxygen atoms in total. The predicted octanol–water partition coefficient (Wildman–Crippen LogP) is 2.87. The van der Waals surface area contributed by atoms with Crippen LogP contribution < -0.4 is 4.74 Å². The third-order valence-electron chi connectivity index (χ3n) is 2.47. The lowest BCUT2D eigenvalue weighted by Crippen LogP contribution is -2.32. The van der Waals surface area contributed by atoms with E-state index in [2.05, 4.69) is 29.5 Å². The van der Waals surface area contributed by atoms with Crippen molar-refractivity contribution in [3.8, 4) is 5.75 Å². The molecule has 0 unspecified atom stereocenters. The zero-order valence-corrected chi connectivity index (χ0v) is 12.4. The van der Waals surface area contributed by atoms with Crippen LogP contribution in [0.15, 0.2) is 24.3 Å². The molecule has 1 amide bonds. The Kier molecular flexibility index (Phi) is 6.32. The summed E-state index contributed by atoms with van der Waals surface area (Å²) in [6, 6.07) is 7.86. The summed E-state index contributed by atoms with van der Waals surface area (Å²) in [5.41, 5.74) is 1.11. The Morgan fingerprint density at radius 2 is 2.24 bits per heavy atom. The van der Waals surface area contributed by atoms with E-state index < -0.39 is 0 Å². The molecule has 0 saturated heterocycles. The van der Waals surface area contributed by atoms with Gasteiger partial charge < -0.3 is 9.64 Å². The zero-order valence-electron chi connectivity index (χ0n) is 10.3. The average molecular weight is 347 g/mol. The van der Waals surface area contributed by atoms with Crippen LogP contribution in [0.2, 0.25) is 0 Å². The van der Waals surface area contributed by atoms with E-state index in [0.29, 0.717) is 11.0 Å². The van der Waals surface area contributed by atoms with E-state index in [9.17, 15) is 4.79 Å². The molecule has 94 valence electrons. The molecule has 17 heavy (non-hydrogen) atoms. The number of methoxy groups -OCH3 is 1. The second-order valence-electron chi connectivity index (χ2n) is 3.80. The van der Waals surface area contributed by atoms with Crippen LogP contribution >= 0.6 is 22.6 Å². The molecule has 4 heteroatoms. The third-order valence-corrected chi connectivity index (χ3v) is 3.12. The van der Waals surface area contributed by atoms with Gasteiger partial charge in [-0.2, -0.15) is 0 Å². The minimum absolute atomic E-state index is 0.190. The summed E-state index contributed by atoms with van der Waals surface area (Å²) in [5.74, 6) is 1.02. The van der Waals surface area contributed by atoms with E-state index in [4.69, 9.17) is 4.74 Å². The van der Waals surface area contributed by atoms with Crippen LogP contribution in [-0.2, 0) is 11.3 Å². The fourth-order valence-electron chi connectivity index (χ4n) is 1.64. The van der Waals surface area contributed by atoms with Crippen molar-refractivity contribution < 1.29 is 9.53 Å². The number of nitrogens with zero attached hydrogens (tertiary/aromatic N) is 1. The predicted molar refractivity (Wildman–Crippen MR) is 77.6 cm³/mol. The summed E-state index contributed by atoms with van der Waals surface area (Å²) in [6.45, 7) is 3.55. The van der Waals surface area contributed by atoms with Crippen LogP contribution in [0.4, 0.5) is 0 Å². The van der Waals surface area contributed by atoms with Gasteiger partial charge in [-0.15, -0.1) is 0 Å². The van der Waals surface area contributed by atoms with E-state index in [0.717, 1.165) is 24.3 Å². The van der Waals surface area contributed by atoms with E-state index in [1.165, 1.54) is 0 Å². The van der Waals surface area contributed by atoms with Gasteiger partial charge in [-0.25, -0.2) is 0 Å². The highest BCUT2D eigenvalue weighted by atomic mass is 127. The molecule has 0 saturated carbocycles. The number of ether oxygens (including phenoxy) is 1. The highest BCUT2D eigenvalue weighted by molar-refractivity contribution is 14.1. The summed E-state index contributed by atoms with van der Waals surface area (Å²) in [6.07, 6.45) is 0.979. The SMILES string of the molecule is CCCN(Cc1cccc(OC)c1)C(=O)CI. The second-order valence-corrected chi connectivity index (χ2v) is 4.56. The fourth-order valence-corrected chi connectivity index (χ4v) is 2.12. The molecule has 0 heterocycles. The van der Waals surface area contributed by atoms with Crippen LogP contribution in [0.3, 0.4) is 0 Å². The van der Waals surface area contributed by atoms with Gasteiger partial charge in [0.15, 0.2) is 0 Å². The number of alkyl halides is 1. The molecule has 0 aliphatic carbocycles. The molecule has 0 radical (unpaired) electrons. The van der Waals surface area contributed by atoms with Gasteiger partial charge in [0.2, 0.25) is 5.91 Å². The first kappa shape index (κ1) is 14.3.